The normalized spacial score (nSPS) is 17.9. The summed E-state index contributed by atoms with van der Waals surface area (Å²) in [6.07, 6.45) is 3.41. The maximum absolute atomic E-state index is 12.3. The Labute approximate surface area is 150 Å². The molecule has 1 unspecified atom stereocenters. The predicted octanol–water partition coefficient (Wildman–Crippen LogP) is 0.361. The summed E-state index contributed by atoms with van der Waals surface area (Å²) in [6.45, 7) is 3.74. The van der Waals surface area contributed by atoms with Crippen LogP contribution >= 0.6 is 0 Å². The van der Waals surface area contributed by atoms with Crippen molar-refractivity contribution < 1.29 is 9.53 Å². The number of nitrogens with one attached hydrogen (secondary N) is 1. The zero-order valence-electron chi connectivity index (χ0n) is 15.4. The fourth-order valence-corrected chi connectivity index (χ4v) is 3.56. The molecule has 26 heavy (non-hydrogen) atoms. The van der Waals surface area contributed by atoms with E-state index in [1.54, 1.807) is 11.6 Å². The minimum atomic E-state index is -0.440. The smallest absolute Gasteiger partial charge is 0.330 e. The van der Waals surface area contributed by atoms with Crippen LogP contribution in [0.1, 0.15) is 38.4 Å². The molecule has 2 aromatic heterocycles. The van der Waals surface area contributed by atoms with E-state index in [1.807, 2.05) is 11.8 Å². The first kappa shape index (κ1) is 18.4. The summed E-state index contributed by atoms with van der Waals surface area (Å²) in [5.41, 5.74) is -0.0952. The van der Waals surface area contributed by atoms with Crippen molar-refractivity contribution >= 4 is 17.1 Å². The second-order valence-corrected chi connectivity index (χ2v) is 6.68. The highest BCUT2D eigenvalue weighted by Gasteiger charge is 2.32. The second-order valence-electron chi connectivity index (χ2n) is 6.68. The van der Waals surface area contributed by atoms with Gasteiger partial charge < -0.3 is 9.30 Å². The summed E-state index contributed by atoms with van der Waals surface area (Å²) < 4.78 is 8.11. The fourth-order valence-electron chi connectivity index (χ4n) is 3.56. The summed E-state index contributed by atoms with van der Waals surface area (Å²) in [5.74, 6) is 0.399. The minimum Gasteiger partial charge on any atom is -0.468 e. The number of aryl methyl sites for hydroxylation is 2. The molecule has 3 heterocycles. The molecule has 2 aromatic rings. The molecule has 0 aliphatic carbocycles. The SMILES string of the molecule is CCCCn1c(=O)[nH]c(=O)c2c1nc(CN1CCCC1C(=O)OC)n2C. The number of hydrogen-bond acceptors (Lipinski definition) is 6. The third kappa shape index (κ3) is 3.18. The molecule has 1 atom stereocenters. The zero-order chi connectivity index (χ0) is 18.8. The van der Waals surface area contributed by atoms with Crippen LogP contribution in [0.15, 0.2) is 9.59 Å². The largest absolute Gasteiger partial charge is 0.468 e. The Morgan fingerprint density at radius 1 is 1.38 bits per heavy atom. The molecule has 0 bridgehead atoms. The lowest BCUT2D eigenvalue weighted by Gasteiger charge is -2.21. The van der Waals surface area contributed by atoms with Crippen molar-refractivity contribution in [1.82, 2.24) is 24.0 Å². The minimum absolute atomic E-state index is 0.251. The van der Waals surface area contributed by atoms with E-state index in [9.17, 15) is 14.4 Å². The van der Waals surface area contributed by atoms with Crippen molar-refractivity contribution in [3.05, 3.63) is 26.7 Å². The van der Waals surface area contributed by atoms with Gasteiger partial charge in [0.2, 0.25) is 0 Å². The number of rotatable bonds is 6. The number of unbranched alkanes of at least 4 members (excludes halogenated alkanes) is 1. The summed E-state index contributed by atoms with van der Waals surface area (Å²) in [4.78, 5) is 45.4. The number of methoxy groups -OCH3 is 1. The van der Waals surface area contributed by atoms with Gasteiger partial charge in [0.05, 0.1) is 13.7 Å². The molecule has 9 nitrogen and oxygen atoms in total. The van der Waals surface area contributed by atoms with Gasteiger partial charge in [-0.25, -0.2) is 9.78 Å². The number of fused-ring (bicyclic) bond motifs is 1. The molecule has 9 heteroatoms. The van der Waals surface area contributed by atoms with Crippen LogP contribution < -0.4 is 11.2 Å². The maximum atomic E-state index is 12.3. The number of H-pyrrole nitrogens is 1. The number of aromatic nitrogens is 4. The van der Waals surface area contributed by atoms with E-state index in [0.717, 1.165) is 32.2 Å². The van der Waals surface area contributed by atoms with Crippen LogP contribution in [0.4, 0.5) is 0 Å². The third-order valence-electron chi connectivity index (χ3n) is 5.02. The summed E-state index contributed by atoms with van der Waals surface area (Å²) in [7, 11) is 3.15. The highest BCUT2D eigenvalue weighted by atomic mass is 16.5. The number of aromatic amines is 1. The average Bonchev–Trinajstić information content (AvgIpc) is 3.20. The quantitative estimate of drug-likeness (QED) is 0.744. The number of imidazole rings is 1. The van der Waals surface area contributed by atoms with Crippen LogP contribution in [0.25, 0.3) is 11.2 Å². The Hall–Kier alpha value is -2.42. The van der Waals surface area contributed by atoms with E-state index in [0.29, 0.717) is 30.1 Å². The van der Waals surface area contributed by atoms with Gasteiger partial charge in [-0.1, -0.05) is 13.3 Å². The first-order chi connectivity index (χ1) is 12.5. The van der Waals surface area contributed by atoms with E-state index in [-0.39, 0.29) is 12.0 Å². The zero-order valence-corrected chi connectivity index (χ0v) is 15.4. The topological polar surface area (TPSA) is 102 Å². The number of esters is 1. The van der Waals surface area contributed by atoms with Crippen LogP contribution in [-0.2, 0) is 29.7 Å². The van der Waals surface area contributed by atoms with Crippen LogP contribution in [0.3, 0.4) is 0 Å². The summed E-state index contributed by atoms with van der Waals surface area (Å²) in [6, 6.07) is -0.291. The van der Waals surface area contributed by atoms with E-state index in [2.05, 4.69) is 9.97 Å². The molecule has 1 saturated heterocycles. The number of carbonyl (C=O) groups excluding carboxylic acids is 1. The molecule has 3 rings (SSSR count). The van der Waals surface area contributed by atoms with E-state index in [1.165, 1.54) is 11.7 Å². The summed E-state index contributed by atoms with van der Waals surface area (Å²) in [5, 5.41) is 0. The van der Waals surface area contributed by atoms with Gasteiger partial charge in [0.15, 0.2) is 11.2 Å². The van der Waals surface area contributed by atoms with Crippen molar-refractivity contribution in [2.75, 3.05) is 13.7 Å². The van der Waals surface area contributed by atoms with Crippen LogP contribution in [0.5, 0.6) is 0 Å². The van der Waals surface area contributed by atoms with E-state index >= 15 is 0 Å². The number of nitrogens with zero attached hydrogens (tertiary/aromatic N) is 4. The van der Waals surface area contributed by atoms with Crippen molar-refractivity contribution in [3.63, 3.8) is 0 Å². The van der Waals surface area contributed by atoms with E-state index < -0.39 is 11.2 Å². The lowest BCUT2D eigenvalue weighted by molar-refractivity contribution is -0.146. The molecular weight excluding hydrogens is 338 g/mol. The molecule has 1 fully saturated rings. The highest BCUT2D eigenvalue weighted by molar-refractivity contribution is 5.76. The van der Waals surface area contributed by atoms with Crippen LogP contribution in [-0.4, -0.2) is 49.7 Å². The molecule has 0 radical (unpaired) electrons. The Morgan fingerprint density at radius 2 is 2.15 bits per heavy atom. The second kappa shape index (κ2) is 7.45. The van der Waals surface area contributed by atoms with Crippen molar-refractivity contribution in [1.29, 1.82) is 0 Å². The van der Waals surface area contributed by atoms with E-state index in [4.69, 9.17) is 4.74 Å². The Balaban J connectivity index is 2.01. The lowest BCUT2D eigenvalue weighted by atomic mass is 10.2. The van der Waals surface area contributed by atoms with Gasteiger partial charge in [-0.05, 0) is 25.8 Å². The number of hydrogen-bond donors (Lipinski definition) is 1. The van der Waals surface area contributed by atoms with Gasteiger partial charge in [-0.15, -0.1) is 0 Å². The highest BCUT2D eigenvalue weighted by Crippen LogP contribution is 2.21. The Bertz CT molecular complexity index is 926. The van der Waals surface area contributed by atoms with Crippen LogP contribution in [0.2, 0.25) is 0 Å². The molecule has 1 N–H and O–H groups in total. The fraction of sp³-hybridized carbons (Fsp3) is 0.647. The molecule has 0 saturated carbocycles. The van der Waals surface area contributed by atoms with Crippen molar-refractivity contribution in [2.24, 2.45) is 7.05 Å². The maximum Gasteiger partial charge on any atom is 0.330 e. The third-order valence-corrected chi connectivity index (χ3v) is 5.02. The molecular formula is C17H25N5O4. The molecule has 0 amide bonds. The van der Waals surface area contributed by atoms with Crippen LogP contribution in [0, 0.1) is 0 Å². The molecule has 142 valence electrons. The summed E-state index contributed by atoms with van der Waals surface area (Å²) >= 11 is 0. The van der Waals surface area contributed by atoms with Gasteiger partial charge in [-0.2, -0.15) is 0 Å². The van der Waals surface area contributed by atoms with Crippen molar-refractivity contribution in [3.8, 4) is 0 Å². The molecule has 0 aromatic carbocycles. The van der Waals surface area contributed by atoms with Crippen molar-refractivity contribution in [2.45, 2.75) is 51.7 Å². The van der Waals surface area contributed by atoms with Gasteiger partial charge in [0, 0.05) is 13.6 Å². The van der Waals surface area contributed by atoms with Gasteiger partial charge >= 0.3 is 11.7 Å². The average molecular weight is 363 g/mol. The monoisotopic (exact) mass is 363 g/mol. The molecule has 1 aliphatic rings. The van der Waals surface area contributed by atoms with Gasteiger partial charge in [0.1, 0.15) is 11.9 Å². The number of ether oxygens (including phenoxy) is 1. The lowest BCUT2D eigenvalue weighted by Crippen LogP contribution is -2.37. The number of carbonyl (C=O) groups is 1. The first-order valence-corrected chi connectivity index (χ1v) is 8.98. The predicted molar refractivity (Wildman–Crippen MR) is 96.0 cm³/mol. The Morgan fingerprint density at radius 3 is 2.85 bits per heavy atom. The standard InChI is InChI=1S/C17H25N5O4/c1-4-5-9-22-14-13(15(23)19-17(22)25)20(2)12(18-14)10-21-8-6-7-11(21)16(24)26-3/h11H,4-10H2,1-3H3,(H,19,23,25). The van der Waals surface area contributed by atoms with Gasteiger partial charge in [0.25, 0.3) is 5.56 Å². The molecule has 0 spiro atoms. The van der Waals surface area contributed by atoms with Gasteiger partial charge in [-0.3, -0.25) is 24.0 Å². The first-order valence-electron chi connectivity index (χ1n) is 8.98. The molecule has 1 aliphatic heterocycles. The number of likely N-dealkylation sites (tertiary alicyclic amines) is 1. The Kier molecular flexibility index (Phi) is 5.26.